The first-order valence-electron chi connectivity index (χ1n) is 21.8. The Bertz CT molecular complexity index is 1530. The van der Waals surface area contributed by atoms with E-state index in [1.807, 2.05) is 13.8 Å². The zero-order valence-corrected chi connectivity index (χ0v) is 34.8. The van der Waals surface area contributed by atoms with E-state index in [0.29, 0.717) is 18.8 Å². The molecule has 15 nitrogen and oxygen atoms in total. The summed E-state index contributed by atoms with van der Waals surface area (Å²) < 4.78 is 47.7. The number of carbonyl (C=O) groups excluding carboxylic acids is 2. The average Bonchev–Trinajstić information content (AvgIpc) is 3.70. The predicted molar refractivity (Wildman–Crippen MR) is 202 cm³/mol. The van der Waals surface area contributed by atoms with Crippen molar-refractivity contribution < 1.29 is 73.0 Å². The van der Waals surface area contributed by atoms with Crippen molar-refractivity contribution >= 4 is 11.9 Å². The molecule has 0 spiro atoms. The van der Waals surface area contributed by atoms with E-state index in [9.17, 15) is 35.1 Å². The molecule has 4 aliphatic carbocycles. The van der Waals surface area contributed by atoms with Gasteiger partial charge in [0, 0.05) is 37.7 Å². The second-order valence-corrected chi connectivity index (χ2v) is 19.4. The molecular weight excluding hydrogens is 756 g/mol. The molecule has 0 radical (unpaired) electrons. The number of esters is 2. The van der Waals surface area contributed by atoms with Gasteiger partial charge in [0.1, 0.15) is 31.0 Å². The summed E-state index contributed by atoms with van der Waals surface area (Å²) in [6, 6.07) is 0. The summed E-state index contributed by atoms with van der Waals surface area (Å²) in [5.74, 6) is -0.345. The van der Waals surface area contributed by atoms with E-state index in [4.69, 9.17) is 37.9 Å². The van der Waals surface area contributed by atoms with Crippen LogP contribution in [0.2, 0.25) is 0 Å². The molecule has 3 saturated heterocycles. The third-order valence-electron chi connectivity index (χ3n) is 16.2. The monoisotopic (exact) mass is 822 g/mol. The van der Waals surface area contributed by atoms with Crippen molar-refractivity contribution in [3.05, 3.63) is 11.6 Å². The van der Waals surface area contributed by atoms with Crippen LogP contribution in [0.1, 0.15) is 112 Å². The van der Waals surface area contributed by atoms with Gasteiger partial charge in [0.25, 0.3) is 0 Å². The molecule has 18 unspecified atom stereocenters. The Hall–Kier alpha value is -1.76. The fraction of sp³-hybridized carbons (Fsp3) is 0.907. The Morgan fingerprint density at radius 2 is 1.38 bits per heavy atom. The zero-order valence-electron chi connectivity index (χ0n) is 34.8. The van der Waals surface area contributed by atoms with Crippen molar-refractivity contribution in [3.63, 3.8) is 0 Å². The van der Waals surface area contributed by atoms with Crippen LogP contribution in [0.25, 0.3) is 0 Å². The lowest BCUT2D eigenvalue weighted by Gasteiger charge is -2.65. The molecule has 0 aromatic carbocycles. The van der Waals surface area contributed by atoms with Crippen LogP contribution in [-0.2, 0) is 47.5 Å². The summed E-state index contributed by atoms with van der Waals surface area (Å²) in [7, 11) is 0. The number of hydrogen-bond acceptors (Lipinski definition) is 15. The van der Waals surface area contributed by atoms with Crippen molar-refractivity contribution in [2.75, 3.05) is 6.61 Å². The smallest absolute Gasteiger partial charge is 0.331 e. The lowest BCUT2D eigenvalue weighted by Crippen LogP contribution is -2.67. The van der Waals surface area contributed by atoms with Gasteiger partial charge in [-0.15, -0.1) is 0 Å². The van der Waals surface area contributed by atoms with Crippen LogP contribution in [0.15, 0.2) is 11.6 Å². The highest BCUT2D eigenvalue weighted by Crippen LogP contribution is 2.70. The maximum atomic E-state index is 12.6. The van der Waals surface area contributed by atoms with E-state index < -0.39 is 96.9 Å². The molecule has 0 bridgehead atoms. The molecule has 4 aliphatic heterocycles. The van der Waals surface area contributed by atoms with Crippen molar-refractivity contribution in [2.24, 2.45) is 34.5 Å². The Balaban J connectivity index is 0.829. The second kappa shape index (κ2) is 16.2. The molecule has 0 aromatic rings. The van der Waals surface area contributed by atoms with Gasteiger partial charge in [0.15, 0.2) is 18.9 Å². The number of carbonyl (C=O) groups is 2. The van der Waals surface area contributed by atoms with Crippen LogP contribution in [-0.4, -0.2) is 136 Å². The third kappa shape index (κ3) is 7.49. The molecule has 0 aromatic heterocycles. The van der Waals surface area contributed by atoms with Crippen LogP contribution in [0.3, 0.4) is 0 Å². The first-order valence-corrected chi connectivity index (χ1v) is 21.8. The van der Waals surface area contributed by atoms with Crippen LogP contribution < -0.4 is 0 Å². The van der Waals surface area contributed by atoms with E-state index in [-0.39, 0.29) is 61.1 Å². The first-order chi connectivity index (χ1) is 27.4. The van der Waals surface area contributed by atoms with Gasteiger partial charge >= 0.3 is 11.9 Å². The summed E-state index contributed by atoms with van der Waals surface area (Å²) in [6.45, 7) is 11.2. The summed E-state index contributed by atoms with van der Waals surface area (Å²) in [6.07, 6.45) is -1.66. The van der Waals surface area contributed by atoms with E-state index in [2.05, 4.69) is 6.92 Å². The van der Waals surface area contributed by atoms with Crippen LogP contribution in [0.5, 0.6) is 0 Å². The molecule has 8 rings (SSSR count). The molecule has 58 heavy (non-hydrogen) atoms. The Morgan fingerprint density at radius 3 is 1.98 bits per heavy atom. The minimum atomic E-state index is -1.02. The largest absolute Gasteiger partial charge is 0.459 e. The maximum Gasteiger partial charge on any atom is 0.331 e. The molecule has 328 valence electrons. The Morgan fingerprint density at radius 1 is 0.759 bits per heavy atom. The van der Waals surface area contributed by atoms with Crippen LogP contribution in [0, 0.1) is 34.5 Å². The van der Waals surface area contributed by atoms with Gasteiger partial charge in [-0.1, -0.05) is 13.8 Å². The molecular formula is C43H66O15. The highest BCUT2D eigenvalue weighted by Gasteiger charge is 2.71. The lowest BCUT2D eigenvalue weighted by molar-refractivity contribution is -0.336. The molecule has 0 amide bonds. The van der Waals surface area contributed by atoms with Gasteiger partial charge in [-0.2, -0.15) is 0 Å². The molecule has 8 aliphatic rings. The summed E-state index contributed by atoms with van der Waals surface area (Å²) in [5, 5.41) is 57.3. The second-order valence-electron chi connectivity index (χ2n) is 19.4. The van der Waals surface area contributed by atoms with E-state index >= 15 is 0 Å². The van der Waals surface area contributed by atoms with Gasteiger partial charge in [-0.25, -0.2) is 4.79 Å². The van der Waals surface area contributed by atoms with Crippen molar-refractivity contribution in [2.45, 2.75) is 204 Å². The standard InChI is InChI=1S/C43H66O15/c1-20-38(49)32(55-23(4)44)18-37(52-20)58-40-22(3)54-36(17-31(40)46)57-39-21(2)53-35(16-30(39)45)56-26-9-11-41(5)25(14-26)7-8-28-29(41)15-33(47)42(6)27(10-12-43(28,42)50)24-13-34(48)51-19-24/h13,20-22,25-33,35-40,45-47,49-50H,7-12,14-19H2,1-6H3/t20?,21?,22?,25?,26?,27?,28?,29?,30?,31?,32?,33?,35?,36?,37?,38?,39?,40?,41-,42-,43-/m0/s1. The van der Waals surface area contributed by atoms with Gasteiger partial charge in [0.05, 0.1) is 48.3 Å². The average molecular weight is 823 g/mol. The quantitative estimate of drug-likeness (QED) is 0.176. The Kier molecular flexibility index (Phi) is 12.0. The van der Waals surface area contributed by atoms with Gasteiger partial charge in [0.2, 0.25) is 0 Å². The third-order valence-corrected chi connectivity index (χ3v) is 16.2. The molecule has 4 saturated carbocycles. The first kappa shape index (κ1) is 42.9. The number of aliphatic hydroxyl groups is 5. The minimum absolute atomic E-state index is 0.0561. The Labute approximate surface area is 341 Å². The van der Waals surface area contributed by atoms with Crippen molar-refractivity contribution in [1.82, 2.24) is 0 Å². The lowest BCUT2D eigenvalue weighted by atomic mass is 9.42. The highest BCUT2D eigenvalue weighted by molar-refractivity contribution is 5.85. The molecule has 21 atom stereocenters. The number of rotatable bonds is 8. The SMILES string of the molecule is CC(=O)OC1CC(OC2C(O)CC(OC3C(O)CC(OC4CC[C@@]5(C)C(CCC6C5CC(O)[C@]5(C)C(C7=CC(=O)OC7)CC[C@]65O)C4)OC3C)OC2C)OC(C)C1O. The molecule has 4 heterocycles. The van der Waals surface area contributed by atoms with E-state index in [0.717, 1.165) is 44.1 Å². The number of fused-ring (bicyclic) bond motifs is 5. The summed E-state index contributed by atoms with van der Waals surface area (Å²) in [5.41, 5.74) is -0.918. The fourth-order valence-corrected chi connectivity index (χ4v) is 13.1. The number of hydrogen-bond donors (Lipinski definition) is 5. The fourth-order valence-electron chi connectivity index (χ4n) is 13.1. The minimum Gasteiger partial charge on any atom is -0.459 e. The van der Waals surface area contributed by atoms with Gasteiger partial charge in [-0.05, 0) is 107 Å². The zero-order chi connectivity index (χ0) is 41.5. The van der Waals surface area contributed by atoms with E-state index in [1.54, 1.807) is 19.9 Å². The van der Waals surface area contributed by atoms with Gasteiger partial charge in [-0.3, -0.25) is 4.79 Å². The molecule has 7 fully saturated rings. The summed E-state index contributed by atoms with van der Waals surface area (Å²) in [4.78, 5) is 23.5. The van der Waals surface area contributed by atoms with Gasteiger partial charge < -0.3 is 63.4 Å². The van der Waals surface area contributed by atoms with Crippen molar-refractivity contribution in [3.8, 4) is 0 Å². The maximum absolute atomic E-state index is 12.6. The molecule has 15 heteroatoms. The highest BCUT2D eigenvalue weighted by atomic mass is 16.7. The van der Waals surface area contributed by atoms with Crippen LogP contribution in [0.4, 0.5) is 0 Å². The normalized spacial score (nSPS) is 53.2. The van der Waals surface area contributed by atoms with E-state index in [1.165, 1.54) is 6.92 Å². The topological polar surface area (TPSA) is 209 Å². The predicted octanol–water partition coefficient (Wildman–Crippen LogP) is 2.79. The van der Waals surface area contributed by atoms with Crippen molar-refractivity contribution in [1.29, 1.82) is 0 Å². The number of aliphatic hydroxyl groups excluding tert-OH is 4. The summed E-state index contributed by atoms with van der Waals surface area (Å²) >= 11 is 0. The number of cyclic esters (lactones) is 1. The number of ether oxygens (including phenoxy) is 8. The molecule has 5 N–H and O–H groups in total. The van der Waals surface area contributed by atoms with Crippen LogP contribution >= 0.6 is 0 Å².